The molecule has 0 saturated carbocycles. The molecule has 4 heterocycles. The average molecular weight is 372 g/mol. The summed E-state index contributed by atoms with van der Waals surface area (Å²) in [4.78, 5) is 11.9. The van der Waals surface area contributed by atoms with Crippen molar-refractivity contribution in [2.45, 2.75) is 45.2 Å². The molecule has 1 unspecified atom stereocenters. The second-order valence-corrected chi connectivity index (χ2v) is 8.00. The molecule has 0 spiro atoms. The van der Waals surface area contributed by atoms with Crippen LogP contribution in [0.4, 0.5) is 0 Å². The van der Waals surface area contributed by atoms with E-state index in [-0.39, 0.29) is 6.04 Å². The van der Waals surface area contributed by atoms with Gasteiger partial charge in [-0.3, -0.25) is 4.68 Å². The fourth-order valence-electron chi connectivity index (χ4n) is 3.60. The summed E-state index contributed by atoms with van der Waals surface area (Å²) < 4.78 is 4.15. The molecule has 0 amide bonds. The average Bonchev–Trinajstić information content (AvgIpc) is 3.37. The highest BCUT2D eigenvalue weighted by atomic mass is 32.1. The molecule has 1 fully saturated rings. The minimum atomic E-state index is 0.0886. The first kappa shape index (κ1) is 17.4. The summed E-state index contributed by atoms with van der Waals surface area (Å²) in [5.74, 6) is 1.72. The summed E-state index contributed by atoms with van der Waals surface area (Å²) in [6.45, 7) is 6.37. The van der Waals surface area contributed by atoms with Crippen LogP contribution in [0.25, 0.3) is 11.5 Å². The maximum atomic E-state index is 4.94. The summed E-state index contributed by atoms with van der Waals surface area (Å²) in [6, 6.07) is 2.43. The Morgan fingerprint density at radius 1 is 1.27 bits per heavy atom. The minimum absolute atomic E-state index is 0.0886. The van der Waals surface area contributed by atoms with Crippen LogP contribution in [0.5, 0.6) is 0 Å². The van der Waals surface area contributed by atoms with E-state index in [0.717, 1.165) is 54.7 Å². The van der Waals surface area contributed by atoms with Gasteiger partial charge in [0.15, 0.2) is 5.82 Å². The van der Waals surface area contributed by atoms with Crippen molar-refractivity contribution in [1.82, 2.24) is 34.4 Å². The molecule has 0 aromatic carbocycles. The third-order valence-corrected chi connectivity index (χ3v) is 5.84. The summed E-state index contributed by atoms with van der Waals surface area (Å²) in [7, 11) is 2.18. The topological polar surface area (TPSA) is 64.7 Å². The summed E-state index contributed by atoms with van der Waals surface area (Å²) >= 11 is 1.64. The second-order valence-electron chi connectivity index (χ2n) is 6.93. The highest BCUT2D eigenvalue weighted by Crippen LogP contribution is 2.30. The molecule has 1 atom stereocenters. The molecule has 0 radical (unpaired) electrons. The number of aromatic nitrogens is 6. The number of aryl methyl sites for hydroxylation is 1. The number of likely N-dealkylation sites (tertiary alicyclic amines) is 1. The van der Waals surface area contributed by atoms with Crippen LogP contribution in [0.15, 0.2) is 23.8 Å². The molecule has 7 nitrogen and oxygen atoms in total. The zero-order chi connectivity index (χ0) is 18.1. The van der Waals surface area contributed by atoms with Gasteiger partial charge in [-0.25, -0.2) is 14.6 Å². The molecule has 1 aliphatic heterocycles. The van der Waals surface area contributed by atoms with Crippen molar-refractivity contribution in [1.29, 1.82) is 0 Å². The molecular weight excluding hydrogens is 346 g/mol. The van der Waals surface area contributed by atoms with E-state index in [1.54, 1.807) is 11.3 Å². The zero-order valence-electron chi connectivity index (χ0n) is 15.5. The van der Waals surface area contributed by atoms with Crippen molar-refractivity contribution in [3.05, 3.63) is 34.7 Å². The van der Waals surface area contributed by atoms with Crippen molar-refractivity contribution < 1.29 is 0 Å². The Labute approximate surface area is 157 Å². The molecular formula is C18H25N7S. The fourth-order valence-corrected chi connectivity index (χ4v) is 4.19. The normalized spacial score (nSPS) is 17.7. The first-order valence-electron chi connectivity index (χ1n) is 9.22. The molecule has 0 N–H and O–H groups in total. The number of hydrogen-bond acceptors (Lipinski definition) is 6. The van der Waals surface area contributed by atoms with Crippen molar-refractivity contribution in [3.63, 3.8) is 0 Å². The second kappa shape index (κ2) is 7.28. The molecule has 26 heavy (non-hydrogen) atoms. The third kappa shape index (κ3) is 3.31. The van der Waals surface area contributed by atoms with E-state index >= 15 is 0 Å². The lowest BCUT2D eigenvalue weighted by molar-refractivity contribution is 0.206. The van der Waals surface area contributed by atoms with Crippen LogP contribution < -0.4 is 0 Å². The van der Waals surface area contributed by atoms with Crippen molar-refractivity contribution in [2.24, 2.45) is 0 Å². The lowest BCUT2D eigenvalue weighted by Gasteiger charge is -2.30. The van der Waals surface area contributed by atoms with Crippen molar-refractivity contribution in [2.75, 3.05) is 20.1 Å². The maximum Gasteiger partial charge on any atom is 0.200 e. The van der Waals surface area contributed by atoms with Crippen LogP contribution in [0, 0.1) is 6.92 Å². The highest BCUT2D eigenvalue weighted by Gasteiger charge is 2.28. The number of rotatable bonds is 5. The Morgan fingerprint density at radius 2 is 2.08 bits per heavy atom. The molecule has 4 rings (SSSR count). The molecule has 3 aromatic heterocycles. The van der Waals surface area contributed by atoms with E-state index in [1.807, 2.05) is 35.4 Å². The van der Waals surface area contributed by atoms with E-state index in [9.17, 15) is 0 Å². The van der Waals surface area contributed by atoms with Gasteiger partial charge < -0.3 is 4.90 Å². The molecule has 1 saturated heterocycles. The quantitative estimate of drug-likeness (QED) is 0.689. The summed E-state index contributed by atoms with van der Waals surface area (Å²) in [5.41, 5.74) is 0.871. The van der Waals surface area contributed by atoms with Crippen LogP contribution in [0.1, 0.15) is 49.1 Å². The van der Waals surface area contributed by atoms with Gasteiger partial charge in [-0.2, -0.15) is 5.10 Å². The lowest BCUT2D eigenvalue weighted by atomic mass is 10.1. The largest absolute Gasteiger partial charge is 0.306 e. The van der Waals surface area contributed by atoms with Gasteiger partial charge in [0.05, 0.1) is 11.0 Å². The van der Waals surface area contributed by atoms with E-state index in [2.05, 4.69) is 33.6 Å². The summed E-state index contributed by atoms with van der Waals surface area (Å²) in [6.07, 6.45) is 6.94. The Morgan fingerprint density at radius 3 is 2.69 bits per heavy atom. The zero-order valence-corrected chi connectivity index (χ0v) is 16.4. The number of thiazole rings is 1. The van der Waals surface area contributed by atoms with Gasteiger partial charge in [0, 0.05) is 17.8 Å². The Bertz CT molecular complexity index is 843. The van der Waals surface area contributed by atoms with Gasteiger partial charge in [-0.15, -0.1) is 16.4 Å². The third-order valence-electron chi connectivity index (χ3n) is 5.07. The maximum absolute atomic E-state index is 4.94. The SMILES string of the molecule is CCC(c1nc(-c2csc(C)n2)nn1C1CCN(C)CC1)n1cccn1. The standard InChI is InChI=1S/C18H25N7S/c1-4-16(24-9-5-8-19-24)18-21-17(15-12-26-13(2)20-15)22-25(18)14-6-10-23(3)11-7-14/h5,8-9,12,14,16H,4,6-7,10-11H2,1-3H3. The summed E-state index contributed by atoms with van der Waals surface area (Å²) in [5, 5.41) is 12.5. The molecule has 0 bridgehead atoms. The Balaban J connectivity index is 1.76. The van der Waals surface area contributed by atoms with Crippen LogP contribution in [-0.4, -0.2) is 54.6 Å². The van der Waals surface area contributed by atoms with E-state index in [0.29, 0.717) is 6.04 Å². The number of nitrogens with zero attached hydrogens (tertiary/aromatic N) is 7. The van der Waals surface area contributed by atoms with Crippen LogP contribution in [-0.2, 0) is 0 Å². The minimum Gasteiger partial charge on any atom is -0.306 e. The van der Waals surface area contributed by atoms with Crippen LogP contribution in [0.2, 0.25) is 0 Å². The Hall–Kier alpha value is -2.06. The molecule has 1 aliphatic rings. The van der Waals surface area contributed by atoms with Crippen LogP contribution in [0.3, 0.4) is 0 Å². The first-order chi connectivity index (χ1) is 12.7. The number of piperidine rings is 1. The highest BCUT2D eigenvalue weighted by molar-refractivity contribution is 7.09. The molecule has 8 heteroatoms. The van der Waals surface area contributed by atoms with Gasteiger partial charge in [-0.1, -0.05) is 6.92 Å². The predicted molar refractivity (Wildman–Crippen MR) is 102 cm³/mol. The first-order valence-corrected chi connectivity index (χ1v) is 10.1. The van der Waals surface area contributed by atoms with Crippen LogP contribution >= 0.6 is 11.3 Å². The van der Waals surface area contributed by atoms with E-state index in [1.165, 1.54) is 0 Å². The van der Waals surface area contributed by atoms with Gasteiger partial charge in [0.2, 0.25) is 5.82 Å². The Kier molecular flexibility index (Phi) is 4.86. The smallest absolute Gasteiger partial charge is 0.200 e. The van der Waals surface area contributed by atoms with Gasteiger partial charge in [0.1, 0.15) is 11.7 Å². The fraction of sp³-hybridized carbons (Fsp3) is 0.556. The van der Waals surface area contributed by atoms with E-state index in [4.69, 9.17) is 10.1 Å². The van der Waals surface area contributed by atoms with E-state index < -0.39 is 0 Å². The number of hydrogen-bond donors (Lipinski definition) is 0. The predicted octanol–water partition coefficient (Wildman–Crippen LogP) is 3.17. The molecule has 138 valence electrons. The van der Waals surface area contributed by atoms with Gasteiger partial charge in [-0.05, 0) is 52.4 Å². The van der Waals surface area contributed by atoms with Crippen molar-refractivity contribution >= 4 is 11.3 Å². The van der Waals surface area contributed by atoms with Gasteiger partial charge >= 0.3 is 0 Å². The van der Waals surface area contributed by atoms with Gasteiger partial charge in [0.25, 0.3) is 0 Å². The molecule has 0 aliphatic carbocycles. The lowest BCUT2D eigenvalue weighted by Crippen LogP contribution is -2.33. The molecule has 3 aromatic rings. The monoisotopic (exact) mass is 371 g/mol. The van der Waals surface area contributed by atoms with Crippen molar-refractivity contribution in [3.8, 4) is 11.5 Å².